The van der Waals surface area contributed by atoms with Crippen molar-refractivity contribution in [3.8, 4) is 33.6 Å². The summed E-state index contributed by atoms with van der Waals surface area (Å²) in [5.41, 5.74) is 8.03. The predicted molar refractivity (Wildman–Crippen MR) is 391 cm³/mol. The van der Waals surface area contributed by atoms with Gasteiger partial charge in [0.15, 0.2) is 11.6 Å². The molecule has 0 radical (unpaired) electrons. The Kier molecular flexibility index (Phi) is 25.2. The summed E-state index contributed by atoms with van der Waals surface area (Å²) < 4.78 is 35.4. The van der Waals surface area contributed by atoms with E-state index in [2.05, 4.69) is 46.4 Å². The highest BCUT2D eigenvalue weighted by molar-refractivity contribution is 6.18. The summed E-state index contributed by atoms with van der Waals surface area (Å²) in [5.74, 6) is -3.93. The molecule has 1 atom stereocenters. The number of ether oxygens (including phenoxy) is 7. The molecule has 4 N–H and O–H groups in total. The molecular formula is C81H74N8O17. The van der Waals surface area contributed by atoms with Gasteiger partial charge in [-0.05, 0) is 194 Å². The Balaban J connectivity index is 0.000000227. The maximum absolute atomic E-state index is 13.5. The fourth-order valence-corrected chi connectivity index (χ4v) is 11.0. The maximum atomic E-state index is 13.5. The molecule has 106 heavy (non-hydrogen) atoms. The van der Waals surface area contributed by atoms with E-state index in [1.165, 1.54) is 57.5 Å². The first-order valence-corrected chi connectivity index (χ1v) is 33.7. The van der Waals surface area contributed by atoms with Crippen molar-refractivity contribution in [2.75, 3.05) is 37.0 Å². The molecule has 0 spiro atoms. The maximum Gasteiger partial charge on any atom is 0.511 e. The molecule has 25 nitrogen and oxygen atoms in total. The second-order valence-corrected chi connectivity index (χ2v) is 25.2. The van der Waals surface area contributed by atoms with Crippen molar-refractivity contribution in [3.05, 3.63) is 256 Å². The number of esters is 5. The van der Waals surface area contributed by atoms with Crippen LogP contribution in [0.2, 0.25) is 0 Å². The Morgan fingerprint density at radius 2 is 0.925 bits per heavy atom. The van der Waals surface area contributed by atoms with Gasteiger partial charge in [-0.25, -0.2) is 19.2 Å². The number of carbonyl (C=O) groups excluding carboxylic acids is 10. The van der Waals surface area contributed by atoms with Crippen molar-refractivity contribution in [1.82, 2.24) is 25.7 Å². The van der Waals surface area contributed by atoms with Crippen molar-refractivity contribution in [3.63, 3.8) is 0 Å². The fraction of sp³-hybridized carbons (Fsp3) is 0.210. The number of anilines is 3. The number of nitrogens with one attached hydrogen (secondary N) is 4. The number of benzene rings is 8. The van der Waals surface area contributed by atoms with Crippen LogP contribution in [0, 0.1) is 5.41 Å². The second-order valence-electron chi connectivity index (χ2n) is 25.2. The Bertz CT molecular complexity index is 4830. The Morgan fingerprint density at radius 1 is 0.453 bits per heavy atom. The van der Waals surface area contributed by atoms with Crippen LogP contribution in [0.4, 0.5) is 22.1 Å². The lowest BCUT2D eigenvalue weighted by Gasteiger charge is -2.22. The lowest BCUT2D eigenvalue weighted by atomic mass is 9.98. The highest BCUT2D eigenvalue weighted by Crippen LogP contribution is 2.29. The highest BCUT2D eigenvalue weighted by Gasteiger charge is 2.26. The van der Waals surface area contributed by atoms with E-state index in [-0.39, 0.29) is 53.6 Å². The molecule has 8 aromatic carbocycles. The first kappa shape index (κ1) is 75.3. The van der Waals surface area contributed by atoms with E-state index in [0.29, 0.717) is 61.2 Å². The number of fused-ring (bicyclic) bond motifs is 1. The van der Waals surface area contributed by atoms with Crippen molar-refractivity contribution in [2.45, 2.75) is 85.2 Å². The first-order valence-electron chi connectivity index (χ1n) is 33.7. The van der Waals surface area contributed by atoms with Crippen LogP contribution < -0.4 is 21.3 Å². The predicted octanol–water partition coefficient (Wildman–Crippen LogP) is 14.0. The Labute approximate surface area is 609 Å². The van der Waals surface area contributed by atoms with Crippen LogP contribution in [0.25, 0.3) is 44.4 Å². The number of amides is 4. The average Bonchev–Trinajstić information content (AvgIpc) is 0.781. The lowest BCUT2D eigenvalue weighted by molar-refractivity contribution is -0.172. The molecule has 11 rings (SSSR count). The zero-order valence-corrected chi connectivity index (χ0v) is 58.7. The number of carbonyl (C=O) groups is 10. The molecule has 1 saturated carbocycles. The zero-order valence-electron chi connectivity index (χ0n) is 58.7. The Hall–Kier alpha value is -13.3. The lowest BCUT2D eigenvalue weighted by Crippen LogP contribution is -2.26. The van der Waals surface area contributed by atoms with E-state index in [4.69, 9.17) is 28.4 Å². The van der Waals surface area contributed by atoms with Gasteiger partial charge in [-0.1, -0.05) is 103 Å². The molecule has 1 aliphatic rings. The molecule has 0 bridgehead atoms. The third-order valence-corrected chi connectivity index (χ3v) is 16.7. The summed E-state index contributed by atoms with van der Waals surface area (Å²) in [5, 5.41) is 28.5. The van der Waals surface area contributed by atoms with E-state index in [1.807, 2.05) is 72.8 Å². The third-order valence-electron chi connectivity index (χ3n) is 16.7. The van der Waals surface area contributed by atoms with Gasteiger partial charge in [-0.3, -0.25) is 28.8 Å². The van der Waals surface area contributed by atoms with E-state index in [1.54, 1.807) is 118 Å². The van der Waals surface area contributed by atoms with Crippen LogP contribution in [-0.2, 0) is 55.7 Å². The van der Waals surface area contributed by atoms with Gasteiger partial charge < -0.3 is 54.4 Å². The van der Waals surface area contributed by atoms with E-state index < -0.39 is 66.3 Å². The molecule has 25 heteroatoms. The van der Waals surface area contributed by atoms with Gasteiger partial charge in [0.25, 0.3) is 23.6 Å². The van der Waals surface area contributed by atoms with E-state index >= 15 is 0 Å². The quantitative estimate of drug-likeness (QED) is 0.0278. The summed E-state index contributed by atoms with van der Waals surface area (Å²) in [6.07, 6.45) is 2.20. The minimum absolute atomic E-state index is 0.0411. The van der Waals surface area contributed by atoms with Crippen LogP contribution in [0.1, 0.15) is 143 Å². The van der Waals surface area contributed by atoms with Gasteiger partial charge in [0.2, 0.25) is 13.1 Å². The molecule has 0 saturated heterocycles. The number of hydrogen-bond donors (Lipinski definition) is 4. The van der Waals surface area contributed by atoms with Crippen molar-refractivity contribution >= 4 is 87.7 Å². The summed E-state index contributed by atoms with van der Waals surface area (Å²) in [7, 11) is 2.61. The second kappa shape index (κ2) is 35.5. The number of nitrogens with zero attached hydrogens (tertiary/aromatic N) is 4. The van der Waals surface area contributed by atoms with Crippen molar-refractivity contribution in [2.24, 2.45) is 5.41 Å². The Morgan fingerprint density at radius 3 is 1.44 bits per heavy atom. The molecule has 540 valence electrons. The van der Waals surface area contributed by atoms with Gasteiger partial charge in [-0.2, -0.15) is 0 Å². The van der Waals surface area contributed by atoms with E-state index in [9.17, 15) is 47.9 Å². The molecular weight excluding hydrogens is 1360 g/mol. The van der Waals surface area contributed by atoms with Crippen LogP contribution >= 0.6 is 0 Å². The summed E-state index contributed by atoms with van der Waals surface area (Å²) in [6, 6.07) is 58.2. The van der Waals surface area contributed by atoms with Gasteiger partial charge in [0.1, 0.15) is 17.5 Å². The number of rotatable bonds is 22. The SMILES string of the molecule is COC(=O)c1ccc(-c2ccc(C(=O)Nc3ccc(-c4ccc(C(=O)NCc5ccccc5CC(=O)OCOC(=O)C(C)(C)C)cc4)cc3)cc2)cc1.COC(=O)c1ccc(C(=O)Nc2ccc(-c3ccc(NC(=O)c4cccc5cccc(C(=O)OC(C)OC(=O)OC6CCCCC6)c45)nn3)nn2)cc1. The van der Waals surface area contributed by atoms with Crippen LogP contribution in [-0.4, -0.2) is 113 Å². The van der Waals surface area contributed by atoms with Gasteiger partial charge in [0.05, 0.1) is 42.7 Å². The summed E-state index contributed by atoms with van der Waals surface area (Å²) >= 11 is 0. The van der Waals surface area contributed by atoms with Gasteiger partial charge >= 0.3 is 36.0 Å². The number of aromatic nitrogens is 4. The summed E-state index contributed by atoms with van der Waals surface area (Å²) in [4.78, 5) is 125. The fourth-order valence-electron chi connectivity index (χ4n) is 11.0. The zero-order chi connectivity index (χ0) is 75.3. The van der Waals surface area contributed by atoms with Gasteiger partial charge in [-0.15, -0.1) is 20.4 Å². The molecule has 2 heterocycles. The molecule has 1 fully saturated rings. The van der Waals surface area contributed by atoms with Crippen LogP contribution in [0.3, 0.4) is 0 Å². The van der Waals surface area contributed by atoms with Crippen molar-refractivity contribution < 1.29 is 81.1 Å². The molecule has 0 aliphatic heterocycles. The monoisotopic (exact) mass is 1430 g/mol. The van der Waals surface area contributed by atoms with E-state index in [0.717, 1.165) is 59.9 Å². The third kappa shape index (κ3) is 20.5. The average molecular weight is 1430 g/mol. The molecule has 1 unspecified atom stereocenters. The number of hydrogen-bond acceptors (Lipinski definition) is 21. The van der Waals surface area contributed by atoms with Crippen molar-refractivity contribution in [1.29, 1.82) is 0 Å². The number of methoxy groups -OCH3 is 2. The first-order chi connectivity index (χ1) is 51.1. The van der Waals surface area contributed by atoms with Gasteiger partial charge in [0, 0.05) is 46.8 Å². The standard InChI is InChI=1S/C43H40N2O8.C38H34N6O9/c1-43(2,3)42(50)53-27-52-38(46)25-35-7-5-6-8-36(35)26-44-39(47)32-15-9-29(10-16-32)31-21-23-37(24-22-31)45-40(48)33-17-11-28(12-18-33)30-13-19-34(20-14-30)41(49)51-4;1-22(52-38(49)53-26-10-4-3-5-11-26)51-37(48)28-13-7-9-23-8-6-12-27(33(23)28)35(46)40-32-21-19-30(42-44-32)29-18-20-31(43-41-29)39-34(45)24-14-16-25(17-15-24)36(47)50-2/h5-24H,25-27H2,1-4H3,(H,44,47)(H,45,48);6-9,12-22,26H,3-5,10-11H2,1-2H3,(H,39,43,45)(H,40,44,46). The molecule has 2 aromatic heterocycles. The minimum atomic E-state index is -1.23. The largest absolute Gasteiger partial charge is 0.511 e. The highest BCUT2D eigenvalue weighted by atomic mass is 16.8. The molecule has 10 aromatic rings. The van der Waals surface area contributed by atoms with Crippen LogP contribution in [0.15, 0.2) is 206 Å². The normalized spacial score (nSPS) is 12.1. The molecule has 1 aliphatic carbocycles. The van der Waals surface area contributed by atoms with Crippen LogP contribution in [0.5, 0.6) is 0 Å². The summed E-state index contributed by atoms with van der Waals surface area (Å²) in [6.45, 7) is 6.28. The minimum Gasteiger partial charge on any atom is -0.465 e. The smallest absolute Gasteiger partial charge is 0.465 e. The topological polar surface area (TPSA) is 335 Å². The molecule has 4 amide bonds.